The quantitative estimate of drug-likeness (QED) is 0.598. The van der Waals surface area contributed by atoms with Gasteiger partial charge in [0.15, 0.2) is 0 Å². The zero-order valence-electron chi connectivity index (χ0n) is 19.5. The van der Waals surface area contributed by atoms with Crippen molar-refractivity contribution in [3.63, 3.8) is 0 Å². The molecule has 0 saturated heterocycles. The molecular weight excluding hydrogens is 432 g/mol. The normalized spacial score (nSPS) is 16.3. The smallest absolute Gasteiger partial charge is 0.407 e. The first-order valence-electron chi connectivity index (χ1n) is 12.1. The van der Waals surface area contributed by atoms with Gasteiger partial charge in [-0.3, -0.25) is 9.59 Å². The lowest BCUT2D eigenvalue weighted by atomic mass is 9.94. The number of alkyl carbamates (subject to hydrolysis) is 1. The Bertz CT molecular complexity index is 1000. The van der Waals surface area contributed by atoms with Gasteiger partial charge in [-0.05, 0) is 41.5 Å². The number of benzene rings is 2. The van der Waals surface area contributed by atoms with Crippen molar-refractivity contribution < 1.29 is 24.2 Å². The van der Waals surface area contributed by atoms with Crippen molar-refractivity contribution in [3.05, 3.63) is 59.7 Å². The SMILES string of the molecule is CN(C(=O)C(CCC(=O)O)NC(=O)OCC1c2ccccc2-c2ccccc21)C1CCCCC1. The van der Waals surface area contributed by atoms with E-state index in [1.807, 2.05) is 36.4 Å². The van der Waals surface area contributed by atoms with Gasteiger partial charge < -0.3 is 20.1 Å². The molecule has 1 fully saturated rings. The standard InChI is InChI=1S/C27H32N2O5/c1-29(18-9-3-2-4-10-18)26(32)24(15-16-25(30)31)28-27(33)34-17-23-21-13-7-5-11-19(21)20-12-6-8-14-22(20)23/h5-8,11-14,18,23-24H,2-4,9-10,15-17H2,1H3,(H,28,33)(H,30,31). The highest BCUT2D eigenvalue weighted by molar-refractivity contribution is 5.86. The van der Waals surface area contributed by atoms with Crippen LogP contribution in [-0.2, 0) is 14.3 Å². The summed E-state index contributed by atoms with van der Waals surface area (Å²) in [7, 11) is 1.74. The average Bonchev–Trinajstić information content (AvgIpc) is 3.18. The molecule has 1 unspecified atom stereocenters. The number of fused-ring (bicyclic) bond motifs is 3. The predicted octanol–water partition coefficient (Wildman–Crippen LogP) is 4.55. The van der Waals surface area contributed by atoms with E-state index in [2.05, 4.69) is 17.4 Å². The maximum absolute atomic E-state index is 13.1. The Morgan fingerprint density at radius 2 is 1.59 bits per heavy atom. The predicted molar refractivity (Wildman–Crippen MR) is 129 cm³/mol. The summed E-state index contributed by atoms with van der Waals surface area (Å²) in [5, 5.41) is 11.8. The number of carboxylic acids is 1. The molecule has 0 aliphatic heterocycles. The molecule has 2 N–H and O–H groups in total. The van der Waals surface area contributed by atoms with Crippen molar-refractivity contribution in [2.45, 2.75) is 62.9 Å². The van der Waals surface area contributed by atoms with Crippen LogP contribution in [0.5, 0.6) is 0 Å². The zero-order chi connectivity index (χ0) is 24.1. The van der Waals surface area contributed by atoms with Crippen LogP contribution in [0, 0.1) is 0 Å². The minimum absolute atomic E-state index is 0.0232. The molecule has 34 heavy (non-hydrogen) atoms. The summed E-state index contributed by atoms with van der Waals surface area (Å²) in [6.45, 7) is 0.137. The number of amides is 2. The summed E-state index contributed by atoms with van der Waals surface area (Å²) in [6.07, 6.45) is 4.27. The summed E-state index contributed by atoms with van der Waals surface area (Å²) in [5.41, 5.74) is 4.48. The number of aliphatic carboxylic acids is 1. The van der Waals surface area contributed by atoms with Gasteiger partial charge in [-0.1, -0.05) is 67.8 Å². The van der Waals surface area contributed by atoms with Crippen molar-refractivity contribution >= 4 is 18.0 Å². The highest BCUT2D eigenvalue weighted by Crippen LogP contribution is 2.44. The number of ether oxygens (including phenoxy) is 1. The van der Waals surface area contributed by atoms with E-state index in [0.29, 0.717) is 0 Å². The third-order valence-corrected chi connectivity index (χ3v) is 7.05. The monoisotopic (exact) mass is 464 g/mol. The van der Waals surface area contributed by atoms with E-state index in [9.17, 15) is 14.4 Å². The molecule has 7 nitrogen and oxygen atoms in total. The number of carbonyl (C=O) groups is 3. The molecule has 2 aromatic rings. The van der Waals surface area contributed by atoms with Crippen LogP contribution in [0.3, 0.4) is 0 Å². The number of hydrogen-bond donors (Lipinski definition) is 2. The van der Waals surface area contributed by atoms with Crippen LogP contribution in [0.1, 0.15) is 62.0 Å². The van der Waals surface area contributed by atoms with Crippen molar-refractivity contribution in [1.29, 1.82) is 0 Å². The second kappa shape index (κ2) is 10.7. The lowest BCUT2D eigenvalue weighted by Gasteiger charge is -2.33. The Balaban J connectivity index is 1.42. The van der Waals surface area contributed by atoms with Crippen molar-refractivity contribution in [1.82, 2.24) is 10.2 Å². The third-order valence-electron chi connectivity index (χ3n) is 7.05. The summed E-state index contributed by atoms with van der Waals surface area (Å²) in [6, 6.07) is 15.3. The van der Waals surface area contributed by atoms with E-state index in [4.69, 9.17) is 9.84 Å². The highest BCUT2D eigenvalue weighted by Gasteiger charge is 2.32. The van der Waals surface area contributed by atoms with Crippen LogP contribution < -0.4 is 5.32 Å². The number of rotatable bonds is 8. The molecule has 0 heterocycles. The molecule has 2 aromatic carbocycles. The Morgan fingerprint density at radius 1 is 1.00 bits per heavy atom. The maximum Gasteiger partial charge on any atom is 0.407 e. The van der Waals surface area contributed by atoms with Gasteiger partial charge in [0.25, 0.3) is 0 Å². The lowest BCUT2D eigenvalue weighted by Crippen LogP contribution is -2.51. The van der Waals surface area contributed by atoms with Gasteiger partial charge in [0.2, 0.25) is 5.91 Å². The molecule has 2 amide bonds. The minimum Gasteiger partial charge on any atom is -0.481 e. The van der Waals surface area contributed by atoms with Crippen LogP contribution in [0.25, 0.3) is 11.1 Å². The molecule has 0 bridgehead atoms. The molecule has 1 saturated carbocycles. The number of carboxylic acid groups (broad SMARTS) is 1. The first-order valence-corrected chi connectivity index (χ1v) is 12.1. The largest absolute Gasteiger partial charge is 0.481 e. The maximum atomic E-state index is 13.1. The van der Waals surface area contributed by atoms with Crippen LogP contribution in [0.4, 0.5) is 4.79 Å². The van der Waals surface area contributed by atoms with E-state index < -0.39 is 18.1 Å². The molecule has 4 rings (SSSR count). The topological polar surface area (TPSA) is 95.9 Å². The zero-order valence-corrected chi connectivity index (χ0v) is 19.5. The summed E-state index contributed by atoms with van der Waals surface area (Å²) in [4.78, 5) is 38.7. The Labute approximate surface area is 200 Å². The van der Waals surface area contributed by atoms with Crippen molar-refractivity contribution in [3.8, 4) is 11.1 Å². The number of nitrogens with zero attached hydrogens (tertiary/aromatic N) is 1. The van der Waals surface area contributed by atoms with Gasteiger partial charge in [-0.25, -0.2) is 4.79 Å². The van der Waals surface area contributed by atoms with E-state index in [-0.39, 0.29) is 37.3 Å². The van der Waals surface area contributed by atoms with Crippen LogP contribution in [-0.4, -0.2) is 53.7 Å². The van der Waals surface area contributed by atoms with E-state index in [1.165, 1.54) is 6.42 Å². The molecule has 180 valence electrons. The van der Waals surface area contributed by atoms with Crippen molar-refractivity contribution in [2.75, 3.05) is 13.7 Å². The van der Waals surface area contributed by atoms with Crippen LogP contribution in [0.2, 0.25) is 0 Å². The van der Waals surface area contributed by atoms with Crippen molar-refractivity contribution in [2.24, 2.45) is 0 Å². The molecular formula is C27H32N2O5. The molecule has 2 aliphatic rings. The van der Waals surface area contributed by atoms with Gasteiger partial charge in [-0.15, -0.1) is 0 Å². The first-order chi connectivity index (χ1) is 16.5. The number of carbonyl (C=O) groups excluding carboxylic acids is 2. The van der Waals surface area contributed by atoms with Crippen LogP contribution in [0.15, 0.2) is 48.5 Å². The van der Waals surface area contributed by atoms with Gasteiger partial charge >= 0.3 is 12.1 Å². The molecule has 0 radical (unpaired) electrons. The molecule has 0 spiro atoms. The first kappa shape index (κ1) is 23.8. The van der Waals surface area contributed by atoms with Gasteiger partial charge in [-0.2, -0.15) is 0 Å². The van der Waals surface area contributed by atoms with Gasteiger partial charge in [0.1, 0.15) is 12.6 Å². The molecule has 2 aliphatic carbocycles. The molecule has 7 heteroatoms. The highest BCUT2D eigenvalue weighted by atomic mass is 16.5. The fourth-order valence-corrected chi connectivity index (χ4v) is 5.20. The minimum atomic E-state index is -1.01. The fraction of sp³-hybridized carbons (Fsp3) is 0.444. The average molecular weight is 465 g/mol. The molecule has 1 atom stereocenters. The summed E-state index contributed by atoms with van der Waals surface area (Å²) < 4.78 is 5.58. The van der Waals surface area contributed by atoms with Gasteiger partial charge in [0.05, 0.1) is 0 Å². The summed E-state index contributed by atoms with van der Waals surface area (Å²) in [5.74, 6) is -1.36. The Morgan fingerprint density at radius 3 is 2.18 bits per heavy atom. The Kier molecular flexibility index (Phi) is 7.50. The lowest BCUT2D eigenvalue weighted by molar-refractivity contribution is -0.138. The summed E-state index contributed by atoms with van der Waals surface area (Å²) >= 11 is 0. The van der Waals surface area contributed by atoms with Gasteiger partial charge in [0, 0.05) is 25.4 Å². The molecule has 0 aromatic heterocycles. The van der Waals surface area contributed by atoms with Crippen LogP contribution >= 0.6 is 0 Å². The fourth-order valence-electron chi connectivity index (χ4n) is 5.20. The second-order valence-electron chi connectivity index (χ2n) is 9.20. The number of hydrogen-bond acceptors (Lipinski definition) is 4. The van der Waals surface area contributed by atoms with E-state index >= 15 is 0 Å². The third kappa shape index (κ3) is 5.24. The number of nitrogens with one attached hydrogen (secondary N) is 1. The Hall–Kier alpha value is -3.35. The second-order valence-corrected chi connectivity index (χ2v) is 9.20. The van der Waals surface area contributed by atoms with E-state index in [1.54, 1.807) is 11.9 Å². The van der Waals surface area contributed by atoms with E-state index in [0.717, 1.165) is 47.9 Å². The number of likely N-dealkylation sites (N-methyl/N-ethyl adjacent to an activating group) is 1.